The van der Waals surface area contributed by atoms with Crippen molar-refractivity contribution in [2.75, 3.05) is 11.9 Å². The number of amides is 1. The molecule has 2 rings (SSSR count). The van der Waals surface area contributed by atoms with Crippen LogP contribution in [0.2, 0.25) is 0 Å². The molecule has 1 amide bonds. The smallest absolute Gasteiger partial charge is 0.341 e. The number of carbonyl (C=O) groups is 2. The molecule has 0 saturated heterocycles. The number of hydrogen-bond acceptors (Lipinski definition) is 4. The number of rotatable bonds is 7. The lowest BCUT2D eigenvalue weighted by atomic mass is 10.0. The highest BCUT2D eigenvalue weighted by Gasteiger charge is 2.22. The van der Waals surface area contributed by atoms with Crippen LogP contribution in [0, 0.1) is 5.92 Å². The van der Waals surface area contributed by atoms with Crippen molar-refractivity contribution in [3.05, 3.63) is 40.8 Å². The van der Waals surface area contributed by atoms with Gasteiger partial charge in [-0.1, -0.05) is 45.0 Å². The average molecular weight is 359 g/mol. The molecule has 134 valence electrons. The van der Waals surface area contributed by atoms with Gasteiger partial charge in [0.05, 0.1) is 6.61 Å². The summed E-state index contributed by atoms with van der Waals surface area (Å²) in [5.41, 5.74) is 3.42. The summed E-state index contributed by atoms with van der Waals surface area (Å²) in [6, 6.07) is 8.12. The minimum atomic E-state index is -0.404. The van der Waals surface area contributed by atoms with Crippen molar-refractivity contribution in [2.45, 2.75) is 40.5 Å². The molecule has 0 bridgehead atoms. The van der Waals surface area contributed by atoms with Gasteiger partial charge in [-0.15, -0.1) is 11.3 Å². The van der Waals surface area contributed by atoms with E-state index in [4.69, 9.17) is 4.74 Å². The normalized spacial score (nSPS) is 10.8. The summed E-state index contributed by atoms with van der Waals surface area (Å²) in [6.07, 6.45) is 1.38. The first-order chi connectivity index (χ1) is 12.0. The molecule has 0 aliphatic rings. The molecule has 0 radical (unpaired) electrons. The number of hydrogen-bond donors (Lipinski definition) is 1. The number of esters is 1. The number of carbonyl (C=O) groups excluding carboxylic acids is 2. The zero-order chi connectivity index (χ0) is 18.4. The number of anilines is 1. The Labute approximate surface area is 153 Å². The Bertz CT molecular complexity index is 732. The van der Waals surface area contributed by atoms with Gasteiger partial charge >= 0.3 is 5.97 Å². The second kappa shape index (κ2) is 8.81. The quantitative estimate of drug-likeness (QED) is 0.697. The summed E-state index contributed by atoms with van der Waals surface area (Å²) in [6.45, 7) is 8.15. The topological polar surface area (TPSA) is 55.4 Å². The van der Waals surface area contributed by atoms with Crippen LogP contribution in [0.15, 0.2) is 29.6 Å². The van der Waals surface area contributed by atoms with Crippen LogP contribution in [0.3, 0.4) is 0 Å². The monoisotopic (exact) mass is 359 g/mol. The molecule has 0 atom stereocenters. The zero-order valence-corrected chi connectivity index (χ0v) is 16.0. The lowest BCUT2D eigenvalue weighted by molar-refractivity contribution is -0.116. The predicted octanol–water partition coefficient (Wildman–Crippen LogP) is 5.14. The van der Waals surface area contributed by atoms with Gasteiger partial charge in [0.25, 0.3) is 0 Å². The van der Waals surface area contributed by atoms with Crippen molar-refractivity contribution in [1.82, 2.24) is 0 Å². The number of ether oxygens (including phenoxy) is 1. The van der Waals surface area contributed by atoms with Crippen LogP contribution in [0.25, 0.3) is 11.1 Å². The standard InChI is InChI=1S/C20H25NO3S/c1-5-14-7-9-15(10-8-14)16-12-25-19(18(16)20(23)24-6-2)21-17(22)11-13(3)4/h7-10,12-13H,5-6,11H2,1-4H3,(H,21,22). The van der Waals surface area contributed by atoms with E-state index >= 15 is 0 Å². The first-order valence-corrected chi connectivity index (χ1v) is 9.51. The molecule has 0 spiro atoms. The third-order valence-corrected chi connectivity index (χ3v) is 4.69. The van der Waals surface area contributed by atoms with E-state index in [1.807, 2.05) is 31.4 Å². The molecule has 1 aromatic carbocycles. The Morgan fingerprint density at radius 2 is 1.84 bits per heavy atom. The fourth-order valence-electron chi connectivity index (χ4n) is 2.54. The molecule has 4 nitrogen and oxygen atoms in total. The van der Waals surface area contributed by atoms with Gasteiger partial charge in [0.2, 0.25) is 5.91 Å². The SMILES string of the molecule is CCOC(=O)c1c(-c2ccc(CC)cc2)csc1NC(=O)CC(C)C. The Balaban J connectivity index is 2.38. The number of aryl methyl sites for hydroxylation is 1. The van der Waals surface area contributed by atoms with Gasteiger partial charge in [-0.3, -0.25) is 4.79 Å². The maximum absolute atomic E-state index is 12.5. The predicted molar refractivity (Wildman–Crippen MR) is 103 cm³/mol. The summed E-state index contributed by atoms with van der Waals surface area (Å²) in [7, 11) is 0. The molecular weight excluding hydrogens is 334 g/mol. The van der Waals surface area contributed by atoms with E-state index in [1.54, 1.807) is 6.92 Å². The van der Waals surface area contributed by atoms with Crippen LogP contribution in [0.5, 0.6) is 0 Å². The van der Waals surface area contributed by atoms with E-state index < -0.39 is 5.97 Å². The van der Waals surface area contributed by atoms with Gasteiger partial charge in [0.1, 0.15) is 10.6 Å². The lowest BCUT2D eigenvalue weighted by Gasteiger charge is -2.10. The molecular formula is C20H25NO3S. The molecule has 0 aliphatic carbocycles. The maximum atomic E-state index is 12.5. The van der Waals surface area contributed by atoms with Crippen molar-refractivity contribution in [1.29, 1.82) is 0 Å². The van der Waals surface area contributed by atoms with Gasteiger partial charge in [0, 0.05) is 17.4 Å². The van der Waals surface area contributed by atoms with Crippen molar-refractivity contribution in [2.24, 2.45) is 5.92 Å². The Kier molecular flexibility index (Phi) is 6.76. The van der Waals surface area contributed by atoms with E-state index in [0.717, 1.165) is 17.5 Å². The van der Waals surface area contributed by atoms with E-state index in [1.165, 1.54) is 16.9 Å². The zero-order valence-electron chi connectivity index (χ0n) is 15.2. The molecule has 0 saturated carbocycles. The summed E-state index contributed by atoms with van der Waals surface area (Å²) in [4.78, 5) is 24.6. The summed E-state index contributed by atoms with van der Waals surface area (Å²) < 4.78 is 5.21. The van der Waals surface area contributed by atoms with Crippen LogP contribution in [-0.2, 0) is 16.0 Å². The van der Waals surface area contributed by atoms with E-state index in [0.29, 0.717) is 23.6 Å². The fourth-order valence-corrected chi connectivity index (χ4v) is 3.51. The highest BCUT2D eigenvalue weighted by molar-refractivity contribution is 7.15. The largest absolute Gasteiger partial charge is 0.462 e. The van der Waals surface area contributed by atoms with E-state index in [-0.39, 0.29) is 11.8 Å². The second-order valence-corrected chi connectivity index (χ2v) is 7.15. The minimum Gasteiger partial charge on any atom is -0.462 e. The third-order valence-electron chi connectivity index (χ3n) is 3.79. The highest BCUT2D eigenvalue weighted by Crippen LogP contribution is 2.36. The third kappa shape index (κ3) is 4.92. The van der Waals surface area contributed by atoms with Crippen LogP contribution < -0.4 is 5.32 Å². The van der Waals surface area contributed by atoms with Gasteiger partial charge in [0.15, 0.2) is 0 Å². The van der Waals surface area contributed by atoms with Crippen LogP contribution in [0.1, 0.15) is 50.0 Å². The Hall–Kier alpha value is -2.14. The van der Waals surface area contributed by atoms with Crippen molar-refractivity contribution in [3.63, 3.8) is 0 Å². The van der Waals surface area contributed by atoms with Crippen LogP contribution in [-0.4, -0.2) is 18.5 Å². The summed E-state index contributed by atoms with van der Waals surface area (Å²) >= 11 is 1.36. The maximum Gasteiger partial charge on any atom is 0.341 e. The van der Waals surface area contributed by atoms with Gasteiger partial charge < -0.3 is 10.1 Å². The molecule has 0 unspecified atom stereocenters. The molecule has 1 heterocycles. The average Bonchev–Trinajstić information content (AvgIpc) is 2.97. The molecule has 0 fully saturated rings. The van der Waals surface area contributed by atoms with Crippen molar-refractivity contribution in [3.8, 4) is 11.1 Å². The molecule has 1 aromatic heterocycles. The number of thiophene rings is 1. The molecule has 1 N–H and O–H groups in total. The minimum absolute atomic E-state index is 0.0877. The molecule has 5 heteroatoms. The lowest BCUT2D eigenvalue weighted by Crippen LogP contribution is -2.16. The van der Waals surface area contributed by atoms with Gasteiger partial charge in [-0.25, -0.2) is 4.79 Å². The van der Waals surface area contributed by atoms with Gasteiger partial charge in [-0.05, 0) is 30.4 Å². The molecule has 0 aliphatic heterocycles. The summed E-state index contributed by atoms with van der Waals surface area (Å²) in [5, 5.41) is 5.33. The van der Waals surface area contributed by atoms with Crippen LogP contribution in [0.4, 0.5) is 5.00 Å². The van der Waals surface area contributed by atoms with E-state index in [9.17, 15) is 9.59 Å². The molecule has 25 heavy (non-hydrogen) atoms. The first kappa shape index (κ1) is 19.2. The number of benzene rings is 1. The van der Waals surface area contributed by atoms with Crippen LogP contribution >= 0.6 is 11.3 Å². The summed E-state index contributed by atoms with van der Waals surface area (Å²) in [5.74, 6) is -0.236. The van der Waals surface area contributed by atoms with Crippen molar-refractivity contribution >= 4 is 28.2 Å². The van der Waals surface area contributed by atoms with E-state index in [2.05, 4.69) is 24.4 Å². The highest BCUT2D eigenvalue weighted by atomic mass is 32.1. The Morgan fingerprint density at radius 3 is 2.40 bits per heavy atom. The second-order valence-electron chi connectivity index (χ2n) is 6.27. The van der Waals surface area contributed by atoms with Crippen molar-refractivity contribution < 1.29 is 14.3 Å². The Morgan fingerprint density at radius 1 is 1.16 bits per heavy atom. The number of nitrogens with one attached hydrogen (secondary N) is 1. The molecule has 2 aromatic rings. The fraction of sp³-hybridized carbons (Fsp3) is 0.400. The van der Waals surface area contributed by atoms with Gasteiger partial charge in [-0.2, -0.15) is 0 Å². The first-order valence-electron chi connectivity index (χ1n) is 8.64.